The lowest BCUT2D eigenvalue weighted by Gasteiger charge is -2.48. The number of carbonyl (C=O) groups is 1. The number of carbonyl (C=O) groups excluding carboxylic acids is 1. The van der Waals surface area contributed by atoms with Crippen LogP contribution in [0, 0.1) is 10.8 Å². The van der Waals surface area contributed by atoms with Crippen LogP contribution < -0.4 is 5.32 Å². The third-order valence-electron chi connectivity index (χ3n) is 5.45. The fraction of sp³-hybridized carbons (Fsp3) is 0.706. The Hall–Kier alpha value is -1.49. The van der Waals surface area contributed by atoms with Gasteiger partial charge in [-0.05, 0) is 31.6 Å². The van der Waals surface area contributed by atoms with Gasteiger partial charge in [-0.15, -0.1) is 5.11 Å². The van der Waals surface area contributed by atoms with Crippen molar-refractivity contribution in [3.63, 3.8) is 0 Å². The number of allylic oxidation sites excluding steroid dienone is 2. The van der Waals surface area contributed by atoms with Gasteiger partial charge in [-0.1, -0.05) is 13.8 Å². The van der Waals surface area contributed by atoms with Gasteiger partial charge in [-0.3, -0.25) is 4.79 Å². The molecule has 0 aromatic rings. The highest BCUT2D eigenvalue weighted by Crippen LogP contribution is 2.55. The summed E-state index contributed by atoms with van der Waals surface area (Å²) < 4.78 is 5.77. The molecule has 5 heteroatoms. The van der Waals surface area contributed by atoms with Crippen LogP contribution in [-0.2, 0) is 9.53 Å². The molecule has 3 heterocycles. The monoisotopic (exact) mass is 301 g/mol. The Morgan fingerprint density at radius 3 is 2.91 bits per heavy atom. The Kier molecular flexibility index (Phi) is 2.89. The SMILES string of the molecule is C[C@@H]1C[C@]2(CCO1)C1=C(N=NC1)NC1=C2C(=O)CC(C)(C)C1. The minimum absolute atomic E-state index is 0.00863. The first-order valence-electron chi connectivity index (χ1n) is 8.18. The molecule has 0 aromatic heterocycles. The molecule has 0 amide bonds. The molecular formula is C17H23N3O2. The first-order valence-corrected chi connectivity index (χ1v) is 8.18. The zero-order valence-electron chi connectivity index (χ0n) is 13.5. The molecule has 1 aliphatic carbocycles. The average molecular weight is 301 g/mol. The predicted molar refractivity (Wildman–Crippen MR) is 82.0 cm³/mol. The van der Waals surface area contributed by atoms with Crippen molar-refractivity contribution in [1.29, 1.82) is 0 Å². The maximum absolute atomic E-state index is 13.0. The second-order valence-corrected chi connectivity index (χ2v) is 7.86. The Morgan fingerprint density at radius 1 is 1.32 bits per heavy atom. The molecule has 0 aromatic carbocycles. The molecular weight excluding hydrogens is 278 g/mol. The van der Waals surface area contributed by atoms with Gasteiger partial charge in [0.25, 0.3) is 0 Å². The Labute approximate surface area is 130 Å². The smallest absolute Gasteiger partial charge is 0.162 e. The number of Topliss-reactive ketones (excluding diaryl/α,β-unsaturated/α-hetero) is 1. The molecule has 22 heavy (non-hydrogen) atoms. The maximum atomic E-state index is 13.0. The van der Waals surface area contributed by atoms with Crippen LogP contribution in [0.2, 0.25) is 0 Å². The molecule has 5 nitrogen and oxygen atoms in total. The molecule has 0 saturated carbocycles. The van der Waals surface area contributed by atoms with E-state index in [2.05, 4.69) is 36.3 Å². The molecule has 4 aliphatic rings. The highest BCUT2D eigenvalue weighted by Gasteiger charge is 2.52. The summed E-state index contributed by atoms with van der Waals surface area (Å²) in [7, 11) is 0. The van der Waals surface area contributed by atoms with Crippen LogP contribution in [0.3, 0.4) is 0 Å². The number of rotatable bonds is 0. The largest absolute Gasteiger partial charge is 0.378 e. The lowest BCUT2D eigenvalue weighted by molar-refractivity contribution is -0.120. The highest BCUT2D eigenvalue weighted by molar-refractivity contribution is 6.00. The van der Waals surface area contributed by atoms with Gasteiger partial charge in [0.1, 0.15) is 0 Å². The summed E-state index contributed by atoms with van der Waals surface area (Å²) in [5.41, 5.74) is 3.09. The fourth-order valence-corrected chi connectivity index (χ4v) is 4.65. The van der Waals surface area contributed by atoms with E-state index in [-0.39, 0.29) is 16.9 Å². The van der Waals surface area contributed by atoms with Crippen molar-refractivity contribution in [2.24, 2.45) is 21.1 Å². The van der Waals surface area contributed by atoms with Gasteiger partial charge in [-0.2, -0.15) is 5.11 Å². The number of dihydropyridines is 1. The van der Waals surface area contributed by atoms with Crippen molar-refractivity contribution in [1.82, 2.24) is 5.32 Å². The zero-order chi connectivity index (χ0) is 15.5. The molecule has 4 rings (SSSR count). The summed E-state index contributed by atoms with van der Waals surface area (Å²) in [5.74, 6) is 1.18. The van der Waals surface area contributed by atoms with Gasteiger partial charge in [-0.25, -0.2) is 0 Å². The van der Waals surface area contributed by atoms with Crippen molar-refractivity contribution < 1.29 is 9.53 Å². The predicted octanol–water partition coefficient (Wildman–Crippen LogP) is 3.10. The second-order valence-electron chi connectivity index (χ2n) is 7.86. The van der Waals surface area contributed by atoms with E-state index in [9.17, 15) is 4.79 Å². The van der Waals surface area contributed by atoms with Crippen LogP contribution in [0.4, 0.5) is 0 Å². The first kappa shape index (κ1) is 14.1. The number of ketones is 1. The summed E-state index contributed by atoms with van der Waals surface area (Å²) in [5, 5.41) is 12.0. The normalized spacial score (nSPS) is 36.5. The molecule has 1 saturated heterocycles. The zero-order valence-corrected chi connectivity index (χ0v) is 13.5. The van der Waals surface area contributed by atoms with E-state index in [0.29, 0.717) is 25.4 Å². The van der Waals surface area contributed by atoms with Gasteiger partial charge in [0.2, 0.25) is 0 Å². The number of ether oxygens (including phenoxy) is 1. The fourth-order valence-electron chi connectivity index (χ4n) is 4.65. The van der Waals surface area contributed by atoms with E-state index in [1.165, 1.54) is 5.57 Å². The summed E-state index contributed by atoms with van der Waals surface area (Å²) in [6.07, 6.45) is 3.42. The Balaban J connectivity index is 1.86. The minimum atomic E-state index is -0.204. The van der Waals surface area contributed by atoms with Crippen molar-refractivity contribution in [2.45, 2.75) is 52.6 Å². The molecule has 1 fully saturated rings. The summed E-state index contributed by atoms with van der Waals surface area (Å²) in [6, 6.07) is 0. The van der Waals surface area contributed by atoms with Crippen LogP contribution in [-0.4, -0.2) is 25.0 Å². The van der Waals surface area contributed by atoms with Crippen molar-refractivity contribution in [3.05, 3.63) is 22.7 Å². The van der Waals surface area contributed by atoms with Crippen LogP contribution >= 0.6 is 0 Å². The summed E-state index contributed by atoms with van der Waals surface area (Å²) >= 11 is 0. The molecule has 0 unspecified atom stereocenters. The molecule has 0 radical (unpaired) electrons. The third-order valence-corrected chi connectivity index (χ3v) is 5.45. The van der Waals surface area contributed by atoms with Crippen LogP contribution in [0.1, 0.15) is 46.5 Å². The highest BCUT2D eigenvalue weighted by atomic mass is 16.5. The van der Waals surface area contributed by atoms with Crippen molar-refractivity contribution in [2.75, 3.05) is 13.2 Å². The molecule has 1 N–H and O–H groups in total. The van der Waals surface area contributed by atoms with Gasteiger partial charge < -0.3 is 10.1 Å². The lowest BCUT2D eigenvalue weighted by Crippen LogP contribution is -2.47. The van der Waals surface area contributed by atoms with E-state index in [1.54, 1.807) is 0 Å². The van der Waals surface area contributed by atoms with Crippen molar-refractivity contribution in [3.8, 4) is 0 Å². The summed E-state index contributed by atoms with van der Waals surface area (Å²) in [4.78, 5) is 13.0. The van der Waals surface area contributed by atoms with Gasteiger partial charge >= 0.3 is 0 Å². The second kappa shape index (κ2) is 4.51. The van der Waals surface area contributed by atoms with Gasteiger partial charge in [0.05, 0.1) is 12.6 Å². The van der Waals surface area contributed by atoms with E-state index < -0.39 is 0 Å². The van der Waals surface area contributed by atoms with E-state index in [1.807, 2.05) is 0 Å². The maximum Gasteiger partial charge on any atom is 0.162 e. The van der Waals surface area contributed by atoms with Gasteiger partial charge in [0, 0.05) is 35.3 Å². The Morgan fingerprint density at radius 2 is 2.14 bits per heavy atom. The van der Waals surface area contributed by atoms with Crippen LogP contribution in [0.15, 0.2) is 32.9 Å². The van der Waals surface area contributed by atoms with Crippen LogP contribution in [0.25, 0.3) is 0 Å². The van der Waals surface area contributed by atoms with Crippen molar-refractivity contribution >= 4 is 5.78 Å². The average Bonchev–Trinajstić information content (AvgIpc) is 2.85. The molecule has 3 aliphatic heterocycles. The minimum Gasteiger partial charge on any atom is -0.378 e. The number of azo groups is 1. The number of hydrogen-bond donors (Lipinski definition) is 1. The number of fused-ring (bicyclic) bond motifs is 2. The number of hydrogen-bond acceptors (Lipinski definition) is 5. The lowest BCUT2D eigenvalue weighted by atomic mass is 9.59. The number of nitrogens with zero attached hydrogens (tertiary/aromatic N) is 2. The van der Waals surface area contributed by atoms with Crippen LogP contribution in [0.5, 0.6) is 0 Å². The number of nitrogens with one attached hydrogen (secondary N) is 1. The third kappa shape index (κ3) is 1.91. The topological polar surface area (TPSA) is 63.1 Å². The van der Waals surface area contributed by atoms with Gasteiger partial charge in [0.15, 0.2) is 11.6 Å². The molecule has 118 valence electrons. The van der Waals surface area contributed by atoms with E-state index >= 15 is 0 Å². The standard InChI is InChI=1S/C17H23N3O2/c1-10-6-17(4-5-22-10)11-9-18-20-15(11)19-12-7-16(2,3)8-13(21)14(12)17/h10,19H,4-9H2,1-3H3/t10-,17-/m1/s1. The van der Waals surface area contributed by atoms with E-state index in [0.717, 1.165) is 36.4 Å². The molecule has 2 atom stereocenters. The van der Waals surface area contributed by atoms with E-state index in [4.69, 9.17) is 4.74 Å². The summed E-state index contributed by atoms with van der Waals surface area (Å²) in [6.45, 7) is 7.74. The first-order chi connectivity index (χ1) is 10.4. The Bertz CT molecular complexity index is 644. The quantitative estimate of drug-likeness (QED) is 0.748. The molecule has 1 spiro atoms. The molecule has 0 bridgehead atoms.